The summed E-state index contributed by atoms with van der Waals surface area (Å²) in [6.07, 6.45) is 1.27. The minimum atomic E-state index is -0.433. The molecule has 0 spiro atoms. The van der Waals surface area contributed by atoms with E-state index in [9.17, 15) is 14.4 Å². The van der Waals surface area contributed by atoms with Crippen LogP contribution in [0.25, 0.3) is 11.1 Å². The van der Waals surface area contributed by atoms with Crippen LogP contribution in [0.5, 0.6) is 0 Å². The number of aromatic nitrogens is 2. The lowest BCUT2D eigenvalue weighted by Crippen LogP contribution is -2.49. The van der Waals surface area contributed by atoms with E-state index in [-0.39, 0.29) is 23.8 Å². The fraction of sp³-hybridized carbons (Fsp3) is 0.381. The molecular formula is C21H21N3O4. The topological polar surface area (TPSA) is 77.5 Å². The number of benzene rings is 1. The Labute approximate surface area is 160 Å². The van der Waals surface area contributed by atoms with Crippen LogP contribution in [0.4, 0.5) is 0 Å². The van der Waals surface area contributed by atoms with Gasteiger partial charge < -0.3 is 13.9 Å². The summed E-state index contributed by atoms with van der Waals surface area (Å²) in [4.78, 5) is 39.0. The van der Waals surface area contributed by atoms with Crippen molar-refractivity contribution in [3.63, 3.8) is 0 Å². The molecule has 28 heavy (non-hydrogen) atoms. The minimum absolute atomic E-state index is 0.0400. The molecule has 2 aliphatic rings. The molecule has 0 N–H and O–H groups in total. The van der Waals surface area contributed by atoms with E-state index in [1.165, 1.54) is 4.57 Å². The van der Waals surface area contributed by atoms with Gasteiger partial charge >= 0.3 is 5.76 Å². The summed E-state index contributed by atoms with van der Waals surface area (Å²) in [6, 6.07) is 12.6. The Kier molecular flexibility index (Phi) is 3.96. The molecule has 0 aliphatic carbocycles. The van der Waals surface area contributed by atoms with Crippen molar-refractivity contribution in [1.82, 2.24) is 14.0 Å². The van der Waals surface area contributed by atoms with Crippen LogP contribution in [0, 0.1) is 5.92 Å². The second-order valence-electron chi connectivity index (χ2n) is 7.73. The lowest BCUT2D eigenvalue weighted by atomic mass is 9.83. The number of piperidine rings is 1. The van der Waals surface area contributed by atoms with Gasteiger partial charge in [-0.05, 0) is 30.5 Å². The number of rotatable bonds is 3. The first-order valence-electron chi connectivity index (χ1n) is 9.66. The average molecular weight is 379 g/mol. The van der Waals surface area contributed by atoms with Crippen LogP contribution in [0.2, 0.25) is 0 Å². The molecule has 7 heteroatoms. The molecule has 144 valence electrons. The molecule has 3 aromatic rings. The summed E-state index contributed by atoms with van der Waals surface area (Å²) in [6.45, 7) is 2.26. The van der Waals surface area contributed by atoms with Gasteiger partial charge in [0, 0.05) is 50.3 Å². The van der Waals surface area contributed by atoms with Gasteiger partial charge in [0.25, 0.3) is 5.56 Å². The minimum Gasteiger partial charge on any atom is -0.408 e. The maximum atomic E-state index is 12.9. The first-order chi connectivity index (χ1) is 13.6. The molecule has 0 saturated carbocycles. The van der Waals surface area contributed by atoms with E-state index < -0.39 is 5.76 Å². The predicted octanol–water partition coefficient (Wildman–Crippen LogP) is 1.79. The molecule has 7 nitrogen and oxygen atoms in total. The van der Waals surface area contributed by atoms with Gasteiger partial charge in [0.1, 0.15) is 0 Å². The number of pyridine rings is 1. The zero-order chi connectivity index (χ0) is 19.3. The number of carbonyl (C=O) groups excluding carboxylic acids is 1. The smallest absolute Gasteiger partial charge is 0.408 e. The largest absolute Gasteiger partial charge is 0.419 e. The van der Waals surface area contributed by atoms with E-state index in [0.29, 0.717) is 43.2 Å². The average Bonchev–Trinajstić information content (AvgIpc) is 3.02. The number of fused-ring (bicyclic) bond motifs is 5. The Hall–Kier alpha value is -3.09. The molecule has 2 atom stereocenters. The molecule has 1 amide bonds. The first kappa shape index (κ1) is 17.0. The van der Waals surface area contributed by atoms with Crippen LogP contribution in [-0.4, -0.2) is 33.0 Å². The highest BCUT2D eigenvalue weighted by Gasteiger charge is 2.36. The number of hydrogen-bond donors (Lipinski definition) is 0. The second kappa shape index (κ2) is 6.51. The lowest BCUT2D eigenvalue weighted by molar-refractivity contribution is -0.134. The second-order valence-corrected chi connectivity index (χ2v) is 7.73. The van der Waals surface area contributed by atoms with E-state index in [2.05, 4.69) is 0 Å². The fourth-order valence-corrected chi connectivity index (χ4v) is 4.69. The zero-order valence-electron chi connectivity index (χ0n) is 15.4. The third-order valence-electron chi connectivity index (χ3n) is 5.96. The Morgan fingerprint density at radius 3 is 2.79 bits per heavy atom. The third kappa shape index (κ3) is 2.78. The van der Waals surface area contributed by atoms with Crippen molar-refractivity contribution in [2.24, 2.45) is 5.92 Å². The third-order valence-corrected chi connectivity index (χ3v) is 5.96. The van der Waals surface area contributed by atoms with Crippen LogP contribution >= 0.6 is 0 Å². The molecule has 0 radical (unpaired) electrons. The summed E-state index contributed by atoms with van der Waals surface area (Å²) in [5.74, 6) is 0.104. The van der Waals surface area contributed by atoms with E-state index in [0.717, 1.165) is 12.1 Å². The molecule has 1 aromatic carbocycles. The van der Waals surface area contributed by atoms with Crippen molar-refractivity contribution in [2.45, 2.75) is 31.8 Å². The Morgan fingerprint density at radius 2 is 1.89 bits per heavy atom. The Balaban J connectivity index is 1.32. The SMILES string of the molecule is O=C(CCn1c(=O)oc2ccccc21)N1CC2CC(C1)c1cccc(=O)n1C2. The van der Waals surface area contributed by atoms with Crippen LogP contribution in [-0.2, 0) is 17.9 Å². The van der Waals surface area contributed by atoms with Crippen LogP contribution < -0.4 is 11.3 Å². The van der Waals surface area contributed by atoms with Crippen molar-refractivity contribution in [3.8, 4) is 0 Å². The van der Waals surface area contributed by atoms with Crippen LogP contribution in [0.1, 0.15) is 24.5 Å². The maximum Gasteiger partial charge on any atom is 0.419 e. The molecule has 2 unspecified atom stereocenters. The van der Waals surface area contributed by atoms with Crippen LogP contribution in [0.15, 0.2) is 56.5 Å². The van der Waals surface area contributed by atoms with Crippen molar-refractivity contribution in [2.75, 3.05) is 13.1 Å². The highest BCUT2D eigenvalue weighted by atomic mass is 16.4. The van der Waals surface area contributed by atoms with Gasteiger partial charge in [-0.15, -0.1) is 0 Å². The van der Waals surface area contributed by atoms with E-state index in [4.69, 9.17) is 4.42 Å². The van der Waals surface area contributed by atoms with Gasteiger partial charge in [-0.1, -0.05) is 18.2 Å². The summed E-state index contributed by atoms with van der Waals surface area (Å²) in [5.41, 5.74) is 2.31. The standard InChI is InChI=1S/C21H21N3O4/c25-19(8-9-23-17-4-1-2-6-18(17)28-21(23)27)22-11-14-10-15(13-22)16-5-3-7-20(26)24(16)12-14/h1-7,14-15H,8-13H2. The number of aryl methyl sites for hydroxylation is 1. The van der Waals surface area contributed by atoms with Crippen molar-refractivity contribution in [1.29, 1.82) is 0 Å². The predicted molar refractivity (Wildman–Crippen MR) is 103 cm³/mol. The number of nitrogens with zero attached hydrogens (tertiary/aromatic N) is 3. The number of amides is 1. The van der Waals surface area contributed by atoms with Crippen molar-refractivity contribution < 1.29 is 9.21 Å². The van der Waals surface area contributed by atoms with Crippen LogP contribution in [0.3, 0.4) is 0 Å². The Bertz CT molecular complexity index is 1170. The molecule has 1 fully saturated rings. The zero-order valence-corrected chi connectivity index (χ0v) is 15.4. The van der Waals surface area contributed by atoms with Gasteiger partial charge in [-0.3, -0.25) is 14.2 Å². The van der Waals surface area contributed by atoms with Gasteiger partial charge in [0.05, 0.1) is 5.52 Å². The molecule has 4 heterocycles. The van der Waals surface area contributed by atoms with Crippen molar-refractivity contribution >= 4 is 17.0 Å². The molecule has 2 aromatic heterocycles. The fourth-order valence-electron chi connectivity index (χ4n) is 4.69. The number of likely N-dealkylation sites (tertiary alicyclic amines) is 1. The highest BCUT2D eigenvalue weighted by Crippen LogP contribution is 2.35. The van der Waals surface area contributed by atoms with Gasteiger partial charge in [0.2, 0.25) is 5.91 Å². The molecule has 2 aliphatic heterocycles. The Morgan fingerprint density at radius 1 is 1.04 bits per heavy atom. The molecular weight excluding hydrogens is 358 g/mol. The summed E-state index contributed by atoms with van der Waals surface area (Å²) < 4.78 is 8.62. The molecule has 5 rings (SSSR count). The summed E-state index contributed by atoms with van der Waals surface area (Å²) in [5, 5.41) is 0. The van der Waals surface area contributed by atoms with Gasteiger partial charge in [-0.25, -0.2) is 4.79 Å². The molecule has 2 bridgehead atoms. The number of oxazole rings is 1. The number of para-hydroxylation sites is 2. The van der Waals surface area contributed by atoms with Gasteiger partial charge in [-0.2, -0.15) is 0 Å². The monoisotopic (exact) mass is 379 g/mol. The maximum absolute atomic E-state index is 12.9. The molecule has 1 saturated heterocycles. The number of carbonyl (C=O) groups is 1. The first-order valence-corrected chi connectivity index (χ1v) is 9.66. The van der Waals surface area contributed by atoms with Gasteiger partial charge in [0.15, 0.2) is 5.58 Å². The summed E-state index contributed by atoms with van der Waals surface area (Å²) in [7, 11) is 0. The number of hydrogen-bond acceptors (Lipinski definition) is 4. The van der Waals surface area contributed by atoms with E-state index >= 15 is 0 Å². The summed E-state index contributed by atoms with van der Waals surface area (Å²) >= 11 is 0. The highest BCUT2D eigenvalue weighted by molar-refractivity contribution is 5.77. The normalized spacial score (nSPS) is 20.9. The van der Waals surface area contributed by atoms with E-state index in [1.807, 2.05) is 33.7 Å². The lowest BCUT2D eigenvalue weighted by Gasteiger charge is -2.42. The van der Waals surface area contributed by atoms with Crippen molar-refractivity contribution in [3.05, 3.63) is 69.1 Å². The quantitative estimate of drug-likeness (QED) is 0.695. The van der Waals surface area contributed by atoms with E-state index in [1.54, 1.807) is 18.2 Å².